The van der Waals surface area contributed by atoms with Crippen molar-refractivity contribution in [1.82, 2.24) is 0 Å². The fourth-order valence-corrected chi connectivity index (χ4v) is 6.56. The number of ketones is 2. The Balaban J connectivity index is 1.49. The molecule has 4 atom stereocenters. The monoisotopic (exact) mass is 527 g/mol. The molecular formula is C29H23BFNO7. The van der Waals surface area contributed by atoms with Crippen molar-refractivity contribution in [3.8, 4) is 5.75 Å². The van der Waals surface area contributed by atoms with Crippen molar-refractivity contribution < 1.29 is 38.7 Å². The van der Waals surface area contributed by atoms with Crippen LogP contribution < -0.4 is 10.4 Å². The van der Waals surface area contributed by atoms with E-state index in [1.165, 1.54) is 49.4 Å². The molecule has 10 heteroatoms. The van der Waals surface area contributed by atoms with Gasteiger partial charge in [-0.05, 0) is 55.4 Å². The zero-order chi connectivity index (χ0) is 27.7. The minimum atomic E-state index is -1.79. The number of halogens is 1. The molecule has 0 spiro atoms. The van der Waals surface area contributed by atoms with Gasteiger partial charge in [0.15, 0.2) is 23.1 Å². The zero-order valence-corrected chi connectivity index (χ0v) is 20.8. The molecular weight excluding hydrogens is 504 g/mol. The number of imide groups is 1. The smallest absolute Gasteiger partial charge is 0.488 e. The molecule has 4 aliphatic rings. The average Bonchev–Trinajstić information content (AvgIpc) is 3.17. The van der Waals surface area contributed by atoms with Crippen LogP contribution in [0.15, 0.2) is 76.9 Å². The number of hydrogen-bond donors (Lipinski definition) is 3. The van der Waals surface area contributed by atoms with Crippen molar-refractivity contribution in [1.29, 1.82) is 0 Å². The van der Waals surface area contributed by atoms with E-state index in [4.69, 9.17) is 0 Å². The summed E-state index contributed by atoms with van der Waals surface area (Å²) < 4.78 is 14.5. The molecule has 0 bridgehead atoms. The van der Waals surface area contributed by atoms with Crippen molar-refractivity contribution in [2.24, 2.45) is 17.8 Å². The fraction of sp³-hybridized carbons (Fsp3) is 0.241. The van der Waals surface area contributed by atoms with Crippen LogP contribution in [-0.4, -0.2) is 45.7 Å². The molecule has 1 heterocycles. The van der Waals surface area contributed by atoms with Gasteiger partial charge in [0.2, 0.25) is 11.8 Å². The van der Waals surface area contributed by atoms with Crippen LogP contribution in [-0.2, 0) is 19.2 Å². The van der Waals surface area contributed by atoms with Crippen molar-refractivity contribution in [3.05, 3.63) is 88.3 Å². The van der Waals surface area contributed by atoms with Crippen molar-refractivity contribution in [2.75, 3.05) is 4.90 Å². The highest BCUT2D eigenvalue weighted by Gasteiger charge is 2.57. The predicted molar refractivity (Wildman–Crippen MR) is 138 cm³/mol. The maximum absolute atomic E-state index is 14.5. The number of Topliss-reactive ketones (excluding diaryl/α,β-unsaturated/α-hetero) is 1. The number of anilines is 1. The summed E-state index contributed by atoms with van der Waals surface area (Å²) >= 11 is 0. The average molecular weight is 527 g/mol. The van der Waals surface area contributed by atoms with Gasteiger partial charge in [0.25, 0.3) is 0 Å². The number of fused-ring (bicyclic) bond motifs is 3. The lowest BCUT2D eigenvalue weighted by Gasteiger charge is -2.42. The first-order valence-electron chi connectivity index (χ1n) is 12.6. The highest BCUT2D eigenvalue weighted by molar-refractivity contribution is 6.58. The fourth-order valence-electron chi connectivity index (χ4n) is 6.56. The SMILES string of the molecule is CC1=CC(=O)C2=C(C1=O)C(c1cccc(F)c1O)C1=CCC3C(=O)N(c4cccc(B(O)O)c4)C(=O)C3C1C2. The van der Waals surface area contributed by atoms with E-state index >= 15 is 0 Å². The third kappa shape index (κ3) is 3.66. The molecule has 4 unspecified atom stereocenters. The number of benzene rings is 2. The predicted octanol–water partition coefficient (Wildman–Crippen LogP) is 1.85. The molecule has 0 aromatic heterocycles. The van der Waals surface area contributed by atoms with E-state index < -0.39 is 54.2 Å². The molecule has 2 aromatic carbocycles. The lowest BCUT2D eigenvalue weighted by Crippen LogP contribution is -2.40. The number of para-hydroxylation sites is 1. The van der Waals surface area contributed by atoms with Gasteiger partial charge in [-0.3, -0.25) is 24.1 Å². The summed E-state index contributed by atoms with van der Waals surface area (Å²) in [7, 11) is -1.79. The van der Waals surface area contributed by atoms with Crippen molar-refractivity contribution in [2.45, 2.75) is 25.7 Å². The summed E-state index contributed by atoms with van der Waals surface area (Å²) in [6, 6.07) is 9.85. The van der Waals surface area contributed by atoms with Crippen LogP contribution in [0.3, 0.4) is 0 Å². The standard InChI is InChI=1S/C29H23BFNO7/c1-13-10-22(33)20-12-19-16(23(25(20)26(13)34)17-6-3-7-21(31)27(17)35)8-9-18-24(19)29(37)32(28(18)36)15-5-2-4-14(11-15)30(38)39/h2-8,10-11,18-19,23-24,35,38-39H,9,12H2,1H3. The van der Waals surface area contributed by atoms with E-state index in [2.05, 4.69) is 0 Å². The molecule has 0 saturated carbocycles. The Bertz CT molecular complexity index is 1590. The normalized spacial score (nSPS) is 26.2. The van der Waals surface area contributed by atoms with Crippen LogP contribution in [0.25, 0.3) is 0 Å². The highest BCUT2D eigenvalue weighted by Crippen LogP contribution is 2.56. The number of phenols is 1. The van der Waals surface area contributed by atoms with Crippen LogP contribution in [0.5, 0.6) is 5.75 Å². The van der Waals surface area contributed by atoms with Gasteiger partial charge in [0.05, 0.1) is 17.5 Å². The van der Waals surface area contributed by atoms with Gasteiger partial charge in [-0.25, -0.2) is 4.39 Å². The van der Waals surface area contributed by atoms with Crippen molar-refractivity contribution in [3.63, 3.8) is 0 Å². The quantitative estimate of drug-likeness (QED) is 0.240. The summed E-state index contributed by atoms with van der Waals surface area (Å²) in [5.74, 6) is -6.43. The minimum absolute atomic E-state index is 0.0471. The van der Waals surface area contributed by atoms with Crippen LogP contribution in [0.1, 0.15) is 31.2 Å². The molecule has 6 rings (SSSR count). The van der Waals surface area contributed by atoms with Crippen LogP contribution in [0.2, 0.25) is 0 Å². The molecule has 8 nitrogen and oxygen atoms in total. The lowest BCUT2D eigenvalue weighted by atomic mass is 9.59. The van der Waals surface area contributed by atoms with Gasteiger partial charge in [-0.1, -0.05) is 35.9 Å². The molecule has 2 amide bonds. The summed E-state index contributed by atoms with van der Waals surface area (Å²) in [6.07, 6.45) is 3.24. The number of allylic oxidation sites excluding steroid dienone is 6. The van der Waals surface area contributed by atoms with E-state index in [-0.39, 0.29) is 57.8 Å². The van der Waals surface area contributed by atoms with E-state index in [1.807, 2.05) is 0 Å². The first kappa shape index (κ1) is 25.2. The summed E-state index contributed by atoms with van der Waals surface area (Å²) in [5, 5.41) is 29.8. The number of carbonyl (C=O) groups excluding carboxylic acids is 4. The molecule has 39 heavy (non-hydrogen) atoms. The Hall–Kier alpha value is -4.15. The second-order valence-corrected chi connectivity index (χ2v) is 10.4. The number of hydrogen-bond acceptors (Lipinski definition) is 7. The molecule has 196 valence electrons. The summed E-state index contributed by atoms with van der Waals surface area (Å²) in [5.41, 5.74) is 1.62. The molecule has 3 N–H and O–H groups in total. The van der Waals surface area contributed by atoms with Gasteiger partial charge in [0.1, 0.15) is 0 Å². The second kappa shape index (κ2) is 8.96. The van der Waals surface area contributed by atoms with Crippen LogP contribution in [0, 0.1) is 23.6 Å². The zero-order valence-electron chi connectivity index (χ0n) is 20.8. The van der Waals surface area contributed by atoms with Gasteiger partial charge in [0, 0.05) is 28.2 Å². The number of aromatic hydroxyl groups is 1. The second-order valence-electron chi connectivity index (χ2n) is 10.4. The molecule has 2 aromatic rings. The Labute approximate surface area is 222 Å². The molecule has 0 radical (unpaired) electrons. The Morgan fingerprint density at radius 2 is 1.74 bits per heavy atom. The third-order valence-electron chi connectivity index (χ3n) is 8.32. The number of rotatable bonds is 3. The third-order valence-corrected chi connectivity index (χ3v) is 8.32. The molecule has 1 aliphatic heterocycles. The highest BCUT2D eigenvalue weighted by atomic mass is 19.1. The van der Waals surface area contributed by atoms with E-state index in [1.54, 1.807) is 6.08 Å². The maximum Gasteiger partial charge on any atom is 0.488 e. The first-order valence-corrected chi connectivity index (χ1v) is 12.6. The number of nitrogens with zero attached hydrogens (tertiary/aromatic N) is 1. The van der Waals surface area contributed by atoms with Gasteiger partial charge < -0.3 is 15.2 Å². The Morgan fingerprint density at radius 3 is 2.49 bits per heavy atom. The van der Waals surface area contributed by atoms with Crippen molar-refractivity contribution >= 4 is 41.6 Å². The first-order chi connectivity index (χ1) is 18.6. The number of amides is 2. The van der Waals surface area contributed by atoms with E-state index in [9.17, 15) is 38.7 Å². The summed E-state index contributed by atoms with van der Waals surface area (Å²) in [4.78, 5) is 55.0. The van der Waals surface area contributed by atoms with E-state index in [0.29, 0.717) is 5.57 Å². The largest absolute Gasteiger partial charge is 0.505 e. The topological polar surface area (TPSA) is 132 Å². The summed E-state index contributed by atoms with van der Waals surface area (Å²) in [6.45, 7) is 1.53. The Morgan fingerprint density at radius 1 is 1.00 bits per heavy atom. The molecule has 3 aliphatic carbocycles. The molecule has 1 fully saturated rings. The number of phenolic OH excluding ortho intramolecular Hbond substituents is 1. The molecule has 1 saturated heterocycles. The lowest BCUT2D eigenvalue weighted by molar-refractivity contribution is -0.123. The van der Waals surface area contributed by atoms with Gasteiger partial charge >= 0.3 is 7.12 Å². The number of carbonyl (C=O) groups is 4. The van der Waals surface area contributed by atoms with Crippen LogP contribution >= 0.6 is 0 Å². The van der Waals surface area contributed by atoms with Gasteiger partial charge in [-0.2, -0.15) is 0 Å². The van der Waals surface area contributed by atoms with Gasteiger partial charge in [-0.15, -0.1) is 0 Å². The Kier molecular flexibility index (Phi) is 5.78. The van der Waals surface area contributed by atoms with E-state index in [0.717, 1.165) is 11.0 Å². The maximum atomic E-state index is 14.5. The van der Waals surface area contributed by atoms with Crippen LogP contribution in [0.4, 0.5) is 10.1 Å². The minimum Gasteiger partial charge on any atom is -0.505 e.